The van der Waals surface area contributed by atoms with Gasteiger partial charge in [0, 0.05) is 38.0 Å². The summed E-state index contributed by atoms with van der Waals surface area (Å²) in [7, 11) is 3.42. The maximum absolute atomic E-state index is 12.7. The first-order chi connectivity index (χ1) is 17.3. The Kier molecular flexibility index (Phi) is 8.26. The van der Waals surface area contributed by atoms with Crippen molar-refractivity contribution in [3.05, 3.63) is 51.9 Å². The molecule has 1 unspecified atom stereocenters. The van der Waals surface area contributed by atoms with Crippen LogP contribution in [0.2, 0.25) is 0 Å². The second kappa shape index (κ2) is 11.4. The van der Waals surface area contributed by atoms with Crippen molar-refractivity contribution in [2.45, 2.75) is 71.1 Å². The van der Waals surface area contributed by atoms with E-state index in [9.17, 15) is 14.7 Å². The molecule has 0 saturated heterocycles. The van der Waals surface area contributed by atoms with Crippen molar-refractivity contribution < 1.29 is 19.4 Å². The van der Waals surface area contributed by atoms with E-state index in [0.717, 1.165) is 53.7 Å². The first-order valence-electron chi connectivity index (χ1n) is 12.8. The van der Waals surface area contributed by atoms with Crippen LogP contribution in [0.15, 0.2) is 35.3 Å². The number of rotatable bonds is 10. The third-order valence-electron chi connectivity index (χ3n) is 7.17. The quantitative estimate of drug-likeness (QED) is 0.430. The zero-order valence-electron chi connectivity index (χ0n) is 21.7. The Morgan fingerprint density at radius 2 is 2.00 bits per heavy atom. The van der Waals surface area contributed by atoms with E-state index < -0.39 is 12.0 Å². The van der Waals surface area contributed by atoms with Gasteiger partial charge in [0.25, 0.3) is 5.56 Å². The fourth-order valence-electron chi connectivity index (χ4n) is 5.10. The van der Waals surface area contributed by atoms with E-state index in [2.05, 4.69) is 4.57 Å². The van der Waals surface area contributed by atoms with Gasteiger partial charge in [0.15, 0.2) is 0 Å². The number of hydrogen-bond acceptors (Lipinski definition) is 6. The summed E-state index contributed by atoms with van der Waals surface area (Å²) >= 11 is 0. The minimum Gasteiger partial charge on any atom is -0.462 e. The minimum absolute atomic E-state index is 0.00861. The Labute approximate surface area is 211 Å². The third kappa shape index (κ3) is 5.71. The molecule has 2 heterocycles. The largest absolute Gasteiger partial charge is 0.462 e. The van der Waals surface area contributed by atoms with E-state index in [1.165, 1.54) is 0 Å². The number of methoxy groups -OCH3 is 1. The Balaban J connectivity index is 1.59. The molecule has 0 spiro atoms. The van der Waals surface area contributed by atoms with Gasteiger partial charge in [0.2, 0.25) is 0 Å². The number of pyridine rings is 1. The van der Waals surface area contributed by atoms with Gasteiger partial charge in [-0.1, -0.05) is 6.07 Å². The van der Waals surface area contributed by atoms with Crippen LogP contribution in [0.3, 0.4) is 0 Å². The second-order valence-electron chi connectivity index (χ2n) is 9.96. The Bertz CT molecular complexity index is 1240. The Morgan fingerprint density at radius 3 is 2.67 bits per heavy atom. The minimum atomic E-state index is -0.768. The molecule has 1 N–H and O–H groups in total. The van der Waals surface area contributed by atoms with E-state index in [4.69, 9.17) is 14.5 Å². The number of fused-ring (bicyclic) bond motifs is 1. The molecular weight excluding hydrogens is 458 g/mol. The van der Waals surface area contributed by atoms with Crippen LogP contribution in [0.25, 0.3) is 22.4 Å². The SMILES string of the molecule is COCCn1c(-c2cc(C)c(=O)n(C)c2)nc2cc(CCC(C(=O)OC3CCCC3)[C@@H](C)O)ccc21. The predicted molar refractivity (Wildman–Crippen MR) is 139 cm³/mol. The number of aliphatic hydroxyl groups is 1. The fraction of sp³-hybridized carbons (Fsp3) is 0.536. The molecule has 8 heteroatoms. The highest BCUT2D eigenvalue weighted by Crippen LogP contribution is 2.28. The summed E-state index contributed by atoms with van der Waals surface area (Å²) in [5.74, 6) is -0.0706. The van der Waals surface area contributed by atoms with Crippen molar-refractivity contribution in [3.8, 4) is 11.4 Å². The smallest absolute Gasteiger partial charge is 0.311 e. The van der Waals surface area contributed by atoms with Crippen LogP contribution in [0.4, 0.5) is 0 Å². The van der Waals surface area contributed by atoms with Gasteiger partial charge in [0.1, 0.15) is 11.9 Å². The number of aryl methyl sites for hydroxylation is 3. The highest BCUT2D eigenvalue weighted by atomic mass is 16.5. The predicted octanol–water partition coefficient (Wildman–Crippen LogP) is 3.77. The summed E-state index contributed by atoms with van der Waals surface area (Å²) in [5.41, 5.74) is 4.36. The van der Waals surface area contributed by atoms with Gasteiger partial charge in [-0.15, -0.1) is 0 Å². The van der Waals surface area contributed by atoms with Crippen LogP contribution in [0, 0.1) is 12.8 Å². The van der Waals surface area contributed by atoms with Crippen LogP contribution in [0.1, 0.15) is 50.2 Å². The lowest BCUT2D eigenvalue weighted by molar-refractivity contribution is -0.157. The first kappa shape index (κ1) is 26.1. The van der Waals surface area contributed by atoms with E-state index in [1.54, 1.807) is 25.6 Å². The molecule has 1 fully saturated rings. The van der Waals surface area contributed by atoms with Gasteiger partial charge >= 0.3 is 5.97 Å². The fourth-order valence-corrected chi connectivity index (χ4v) is 5.10. The van der Waals surface area contributed by atoms with Crippen LogP contribution in [0.5, 0.6) is 0 Å². The number of benzene rings is 1. The molecule has 2 aromatic heterocycles. The zero-order valence-corrected chi connectivity index (χ0v) is 21.7. The average molecular weight is 496 g/mol. The number of aliphatic hydroxyl groups excluding tert-OH is 1. The average Bonchev–Trinajstić information content (AvgIpc) is 3.48. The number of esters is 1. The maximum Gasteiger partial charge on any atom is 0.311 e. The lowest BCUT2D eigenvalue weighted by Gasteiger charge is -2.21. The summed E-state index contributed by atoms with van der Waals surface area (Å²) < 4.78 is 14.7. The molecule has 1 aromatic carbocycles. The van der Waals surface area contributed by atoms with Crippen molar-refractivity contribution >= 4 is 17.0 Å². The molecule has 0 bridgehead atoms. The van der Waals surface area contributed by atoms with E-state index in [-0.39, 0.29) is 17.6 Å². The Morgan fingerprint density at radius 1 is 1.25 bits per heavy atom. The normalized spacial score (nSPS) is 15.9. The van der Waals surface area contributed by atoms with Gasteiger partial charge in [0.05, 0.1) is 29.7 Å². The Hall–Kier alpha value is -2.97. The highest BCUT2D eigenvalue weighted by Gasteiger charge is 2.29. The van der Waals surface area contributed by atoms with Crippen LogP contribution in [-0.2, 0) is 34.3 Å². The zero-order chi connectivity index (χ0) is 25.8. The molecule has 0 radical (unpaired) electrons. The van der Waals surface area contributed by atoms with Crippen molar-refractivity contribution in [2.75, 3.05) is 13.7 Å². The van der Waals surface area contributed by atoms with Gasteiger partial charge in [-0.25, -0.2) is 4.98 Å². The molecule has 0 amide bonds. The summed E-state index contributed by atoms with van der Waals surface area (Å²) in [4.78, 5) is 29.9. The van der Waals surface area contributed by atoms with Crippen LogP contribution >= 0.6 is 0 Å². The van der Waals surface area contributed by atoms with E-state index in [1.807, 2.05) is 37.4 Å². The molecule has 1 saturated carbocycles. The van der Waals surface area contributed by atoms with Gasteiger partial charge in [-0.3, -0.25) is 9.59 Å². The molecule has 1 aliphatic carbocycles. The molecule has 4 rings (SSSR count). The summed E-state index contributed by atoms with van der Waals surface area (Å²) in [6.07, 6.45) is 6.18. The highest BCUT2D eigenvalue weighted by molar-refractivity contribution is 5.81. The molecule has 2 atom stereocenters. The van der Waals surface area contributed by atoms with Gasteiger partial charge in [-0.05, 0) is 76.1 Å². The molecule has 36 heavy (non-hydrogen) atoms. The summed E-state index contributed by atoms with van der Waals surface area (Å²) in [6, 6.07) is 8.00. The number of carbonyl (C=O) groups is 1. The first-order valence-corrected chi connectivity index (χ1v) is 12.8. The topological polar surface area (TPSA) is 95.6 Å². The van der Waals surface area contributed by atoms with Gasteiger partial charge in [-0.2, -0.15) is 0 Å². The number of hydrogen-bond donors (Lipinski definition) is 1. The number of aromatic nitrogens is 3. The van der Waals surface area contributed by atoms with E-state index >= 15 is 0 Å². The number of nitrogens with zero attached hydrogens (tertiary/aromatic N) is 3. The number of carbonyl (C=O) groups excluding carboxylic acids is 1. The van der Waals surface area contributed by atoms with E-state index in [0.29, 0.717) is 31.6 Å². The number of imidazole rings is 1. The molecular formula is C28H37N3O5. The third-order valence-corrected chi connectivity index (χ3v) is 7.17. The van der Waals surface area contributed by atoms with Crippen molar-refractivity contribution in [1.29, 1.82) is 0 Å². The molecule has 194 valence electrons. The second-order valence-corrected chi connectivity index (χ2v) is 9.96. The summed E-state index contributed by atoms with van der Waals surface area (Å²) in [6.45, 7) is 4.62. The molecule has 1 aliphatic rings. The molecule has 0 aliphatic heterocycles. The van der Waals surface area contributed by atoms with Crippen molar-refractivity contribution in [3.63, 3.8) is 0 Å². The molecule has 3 aromatic rings. The number of ether oxygens (including phenoxy) is 2. The molecule has 8 nitrogen and oxygen atoms in total. The lowest BCUT2D eigenvalue weighted by atomic mass is 9.95. The maximum atomic E-state index is 12.7. The monoisotopic (exact) mass is 495 g/mol. The van der Waals surface area contributed by atoms with Crippen molar-refractivity contribution in [1.82, 2.24) is 14.1 Å². The lowest BCUT2D eigenvalue weighted by Crippen LogP contribution is -2.30. The van der Waals surface area contributed by atoms with Crippen molar-refractivity contribution in [2.24, 2.45) is 13.0 Å². The van der Waals surface area contributed by atoms with Crippen LogP contribution < -0.4 is 5.56 Å². The standard InChI is InChI=1S/C28H37N3O5/c1-18-15-21(17-30(3)27(18)33)26-29-24-16-20(10-12-25(24)31(26)13-14-35-4)9-11-23(19(2)32)28(34)36-22-7-5-6-8-22/h10,12,15-17,19,22-23,32H,5-9,11,13-14H2,1-4H3/t19-,23?/m1/s1. The van der Waals surface area contributed by atoms with Crippen LogP contribution in [-0.4, -0.2) is 51.1 Å². The van der Waals surface area contributed by atoms with Gasteiger partial charge < -0.3 is 23.7 Å². The summed E-state index contributed by atoms with van der Waals surface area (Å²) in [5, 5.41) is 10.3.